The largest absolute Gasteiger partial charge is 0.496 e. The van der Waals surface area contributed by atoms with Gasteiger partial charge in [0.05, 0.1) is 26.9 Å². The van der Waals surface area contributed by atoms with E-state index < -0.39 is 0 Å². The molecule has 4 rings (SSSR count). The Hall–Kier alpha value is -4.33. The highest BCUT2D eigenvalue weighted by Crippen LogP contribution is 2.30. The second-order valence-electron chi connectivity index (χ2n) is 6.73. The standard InChI is InChI=1S/C24H21N3O5/c1-29-19-10-5-4-9-18(19)22-26-24(32-27-22)16-7-6-8-17(13-16)25-23(28)15-11-12-20(30-2)21(14-15)31-3/h4-14H,1-3H3,(H,25,28). The van der Waals surface area contributed by atoms with E-state index in [4.69, 9.17) is 18.7 Å². The maximum absolute atomic E-state index is 12.7. The van der Waals surface area contributed by atoms with Crippen LogP contribution in [0.2, 0.25) is 0 Å². The Labute approximate surface area is 184 Å². The van der Waals surface area contributed by atoms with E-state index in [0.29, 0.717) is 45.8 Å². The lowest BCUT2D eigenvalue weighted by molar-refractivity contribution is 0.102. The van der Waals surface area contributed by atoms with E-state index >= 15 is 0 Å². The van der Waals surface area contributed by atoms with Crippen molar-refractivity contribution < 1.29 is 23.5 Å². The number of nitrogens with one attached hydrogen (secondary N) is 1. The van der Waals surface area contributed by atoms with Crippen molar-refractivity contribution >= 4 is 11.6 Å². The van der Waals surface area contributed by atoms with Gasteiger partial charge in [-0.3, -0.25) is 4.79 Å². The Morgan fingerprint density at radius 1 is 0.844 bits per heavy atom. The molecule has 4 aromatic rings. The van der Waals surface area contributed by atoms with Crippen molar-refractivity contribution in [3.63, 3.8) is 0 Å². The van der Waals surface area contributed by atoms with Crippen LogP contribution in [0.4, 0.5) is 5.69 Å². The molecule has 0 spiro atoms. The van der Waals surface area contributed by atoms with Crippen LogP contribution in [-0.4, -0.2) is 37.4 Å². The van der Waals surface area contributed by atoms with Crippen molar-refractivity contribution in [1.29, 1.82) is 0 Å². The van der Waals surface area contributed by atoms with Gasteiger partial charge in [0.15, 0.2) is 11.5 Å². The molecule has 3 aromatic carbocycles. The topological polar surface area (TPSA) is 95.7 Å². The number of aromatic nitrogens is 2. The summed E-state index contributed by atoms with van der Waals surface area (Å²) in [6.07, 6.45) is 0. The van der Waals surface area contributed by atoms with E-state index in [-0.39, 0.29) is 5.91 Å². The lowest BCUT2D eigenvalue weighted by Gasteiger charge is -2.10. The number of carbonyl (C=O) groups is 1. The highest BCUT2D eigenvalue weighted by molar-refractivity contribution is 6.04. The molecule has 1 heterocycles. The van der Waals surface area contributed by atoms with Crippen LogP contribution in [0.15, 0.2) is 71.3 Å². The molecule has 0 saturated carbocycles. The molecule has 1 N–H and O–H groups in total. The van der Waals surface area contributed by atoms with Gasteiger partial charge in [0.25, 0.3) is 11.8 Å². The predicted octanol–water partition coefficient (Wildman–Crippen LogP) is 4.68. The first-order valence-electron chi connectivity index (χ1n) is 9.74. The molecule has 0 fully saturated rings. The number of methoxy groups -OCH3 is 3. The molecule has 1 aromatic heterocycles. The van der Waals surface area contributed by atoms with Crippen LogP contribution in [0.3, 0.4) is 0 Å². The van der Waals surface area contributed by atoms with E-state index in [1.165, 1.54) is 7.11 Å². The average Bonchev–Trinajstić information content (AvgIpc) is 3.34. The minimum atomic E-state index is -0.289. The minimum Gasteiger partial charge on any atom is -0.496 e. The second-order valence-corrected chi connectivity index (χ2v) is 6.73. The van der Waals surface area contributed by atoms with Gasteiger partial charge < -0.3 is 24.1 Å². The van der Waals surface area contributed by atoms with Crippen LogP contribution in [0.1, 0.15) is 10.4 Å². The average molecular weight is 431 g/mol. The highest BCUT2D eigenvalue weighted by atomic mass is 16.5. The molecular weight excluding hydrogens is 410 g/mol. The first-order chi connectivity index (χ1) is 15.6. The summed E-state index contributed by atoms with van der Waals surface area (Å²) in [6.45, 7) is 0. The zero-order valence-corrected chi connectivity index (χ0v) is 17.8. The summed E-state index contributed by atoms with van der Waals surface area (Å²) >= 11 is 0. The third kappa shape index (κ3) is 4.24. The molecule has 0 unspecified atom stereocenters. The van der Waals surface area contributed by atoms with E-state index in [0.717, 1.165) is 5.56 Å². The fourth-order valence-corrected chi connectivity index (χ4v) is 3.19. The lowest BCUT2D eigenvalue weighted by Crippen LogP contribution is -2.12. The Kier molecular flexibility index (Phi) is 6.03. The SMILES string of the molecule is COc1ccc(C(=O)Nc2cccc(-c3nc(-c4ccccc4OC)no3)c2)cc1OC. The Bertz CT molecular complexity index is 1250. The number of rotatable bonds is 7. The molecule has 8 heteroatoms. The summed E-state index contributed by atoms with van der Waals surface area (Å²) < 4.78 is 21.3. The zero-order chi connectivity index (χ0) is 22.5. The molecule has 0 bridgehead atoms. The summed E-state index contributed by atoms with van der Waals surface area (Å²) in [4.78, 5) is 17.2. The van der Waals surface area contributed by atoms with Crippen LogP contribution in [0.5, 0.6) is 17.2 Å². The van der Waals surface area contributed by atoms with Crippen molar-refractivity contribution in [2.75, 3.05) is 26.6 Å². The molecule has 1 amide bonds. The molecule has 162 valence electrons. The van der Waals surface area contributed by atoms with Crippen LogP contribution < -0.4 is 19.5 Å². The van der Waals surface area contributed by atoms with Crippen molar-refractivity contribution in [2.45, 2.75) is 0 Å². The number of hydrogen-bond acceptors (Lipinski definition) is 7. The fraction of sp³-hybridized carbons (Fsp3) is 0.125. The number of hydrogen-bond donors (Lipinski definition) is 1. The molecule has 8 nitrogen and oxygen atoms in total. The van der Waals surface area contributed by atoms with Crippen LogP contribution in [0.25, 0.3) is 22.8 Å². The number of ether oxygens (including phenoxy) is 3. The maximum atomic E-state index is 12.7. The van der Waals surface area contributed by atoms with E-state index in [1.54, 1.807) is 50.6 Å². The summed E-state index contributed by atoms with van der Waals surface area (Å²) in [6, 6.07) is 19.6. The van der Waals surface area contributed by atoms with Crippen molar-refractivity contribution in [2.24, 2.45) is 0 Å². The van der Waals surface area contributed by atoms with Crippen LogP contribution >= 0.6 is 0 Å². The fourth-order valence-electron chi connectivity index (χ4n) is 3.19. The van der Waals surface area contributed by atoms with Crippen molar-refractivity contribution in [3.8, 4) is 40.1 Å². The van der Waals surface area contributed by atoms with Crippen molar-refractivity contribution in [3.05, 3.63) is 72.3 Å². The number of anilines is 1. The molecule has 0 atom stereocenters. The molecular formula is C24H21N3O5. The summed E-state index contributed by atoms with van der Waals surface area (Å²) in [5, 5.41) is 6.93. The summed E-state index contributed by atoms with van der Waals surface area (Å²) in [7, 11) is 4.65. The van der Waals surface area contributed by atoms with Gasteiger partial charge in [0.2, 0.25) is 5.82 Å². The zero-order valence-electron chi connectivity index (χ0n) is 17.8. The van der Waals surface area contributed by atoms with Gasteiger partial charge in [0, 0.05) is 16.8 Å². The third-order valence-electron chi connectivity index (χ3n) is 4.79. The first kappa shape index (κ1) is 20.9. The van der Waals surface area contributed by atoms with E-state index in [2.05, 4.69) is 15.5 Å². The number of carbonyl (C=O) groups excluding carboxylic acids is 1. The quantitative estimate of drug-likeness (QED) is 0.454. The smallest absolute Gasteiger partial charge is 0.258 e. The number of para-hydroxylation sites is 1. The number of amides is 1. The van der Waals surface area contributed by atoms with Gasteiger partial charge in [-0.05, 0) is 48.5 Å². The Balaban J connectivity index is 1.56. The van der Waals surface area contributed by atoms with Gasteiger partial charge in [-0.15, -0.1) is 0 Å². The van der Waals surface area contributed by atoms with Gasteiger partial charge in [-0.1, -0.05) is 23.4 Å². The van der Waals surface area contributed by atoms with Gasteiger partial charge >= 0.3 is 0 Å². The lowest BCUT2D eigenvalue weighted by atomic mass is 10.1. The maximum Gasteiger partial charge on any atom is 0.258 e. The second kappa shape index (κ2) is 9.22. The van der Waals surface area contributed by atoms with Gasteiger partial charge in [0.1, 0.15) is 5.75 Å². The highest BCUT2D eigenvalue weighted by Gasteiger charge is 2.15. The predicted molar refractivity (Wildman–Crippen MR) is 119 cm³/mol. The normalized spacial score (nSPS) is 10.5. The molecule has 0 radical (unpaired) electrons. The third-order valence-corrected chi connectivity index (χ3v) is 4.79. The van der Waals surface area contributed by atoms with Gasteiger partial charge in [-0.25, -0.2) is 0 Å². The number of benzene rings is 3. The molecule has 0 aliphatic carbocycles. The Morgan fingerprint density at radius 2 is 1.62 bits per heavy atom. The molecule has 0 aliphatic heterocycles. The summed E-state index contributed by atoms with van der Waals surface area (Å²) in [5.41, 5.74) is 2.41. The van der Waals surface area contributed by atoms with Crippen LogP contribution in [-0.2, 0) is 0 Å². The van der Waals surface area contributed by atoms with E-state index in [1.807, 2.05) is 30.3 Å². The Morgan fingerprint density at radius 3 is 2.41 bits per heavy atom. The molecule has 0 saturated heterocycles. The molecule has 0 aliphatic rings. The molecule has 32 heavy (non-hydrogen) atoms. The van der Waals surface area contributed by atoms with Gasteiger partial charge in [-0.2, -0.15) is 4.98 Å². The van der Waals surface area contributed by atoms with E-state index in [9.17, 15) is 4.79 Å². The van der Waals surface area contributed by atoms with Crippen LogP contribution in [0, 0.1) is 0 Å². The monoisotopic (exact) mass is 431 g/mol. The number of nitrogens with zero attached hydrogens (tertiary/aromatic N) is 2. The van der Waals surface area contributed by atoms with Crippen molar-refractivity contribution in [1.82, 2.24) is 10.1 Å². The summed E-state index contributed by atoms with van der Waals surface area (Å²) in [5.74, 6) is 2.13. The first-order valence-corrected chi connectivity index (χ1v) is 9.74. The minimum absolute atomic E-state index is 0.289.